The van der Waals surface area contributed by atoms with Crippen LogP contribution in [-0.4, -0.2) is 47.4 Å². The number of nitrogens with zero attached hydrogens (tertiary/aromatic N) is 1. The van der Waals surface area contributed by atoms with Crippen LogP contribution >= 0.6 is 0 Å². The fourth-order valence-corrected chi connectivity index (χ4v) is 2.13. The molecule has 1 heterocycles. The molecule has 126 valence electrons. The molecular weight excluding hydrogens is 284 g/mol. The van der Waals surface area contributed by atoms with E-state index in [9.17, 15) is 14.4 Å². The Hall–Kier alpha value is -1.59. The Kier molecular flexibility index (Phi) is 5.59. The molecule has 6 heteroatoms. The van der Waals surface area contributed by atoms with Crippen molar-refractivity contribution in [2.45, 2.75) is 66.0 Å². The topological polar surface area (TPSA) is 75.7 Å². The number of carbonyl (C=O) groups excluding carboxylic acids is 3. The van der Waals surface area contributed by atoms with Crippen molar-refractivity contribution in [1.29, 1.82) is 0 Å². The van der Waals surface area contributed by atoms with Crippen LogP contribution in [0.15, 0.2) is 0 Å². The molecule has 6 nitrogen and oxygen atoms in total. The Balaban J connectivity index is 2.61. The van der Waals surface area contributed by atoms with Crippen LogP contribution in [-0.2, 0) is 14.3 Å². The Bertz CT molecular complexity index is 446. The number of nitrogens with one attached hydrogen (secondary N) is 1. The smallest absolute Gasteiger partial charge is 0.410 e. The number of ketones is 1. The molecule has 1 rings (SSSR count). The zero-order valence-electron chi connectivity index (χ0n) is 14.5. The summed E-state index contributed by atoms with van der Waals surface area (Å²) in [5, 5.41) is 2.64. The third-order valence-corrected chi connectivity index (χ3v) is 3.44. The lowest BCUT2D eigenvalue weighted by Gasteiger charge is -2.28. The summed E-state index contributed by atoms with van der Waals surface area (Å²) >= 11 is 0. The Labute approximate surface area is 132 Å². The molecule has 1 atom stereocenters. The molecule has 1 N–H and O–H groups in total. The average molecular weight is 312 g/mol. The first-order valence-electron chi connectivity index (χ1n) is 7.72. The highest BCUT2D eigenvalue weighted by molar-refractivity contribution is 5.92. The van der Waals surface area contributed by atoms with Gasteiger partial charge >= 0.3 is 6.09 Å². The van der Waals surface area contributed by atoms with Gasteiger partial charge in [0.1, 0.15) is 11.6 Å². The minimum Gasteiger partial charge on any atom is -0.444 e. The lowest BCUT2D eigenvalue weighted by Crippen LogP contribution is -2.49. The maximum Gasteiger partial charge on any atom is 0.410 e. The van der Waals surface area contributed by atoms with Gasteiger partial charge in [0.15, 0.2) is 5.78 Å². The Morgan fingerprint density at radius 3 is 2.23 bits per heavy atom. The van der Waals surface area contributed by atoms with Crippen molar-refractivity contribution < 1.29 is 19.1 Å². The summed E-state index contributed by atoms with van der Waals surface area (Å²) in [4.78, 5) is 37.7. The van der Waals surface area contributed by atoms with Crippen molar-refractivity contribution >= 4 is 17.8 Å². The van der Waals surface area contributed by atoms with Crippen molar-refractivity contribution in [3.8, 4) is 0 Å². The van der Waals surface area contributed by atoms with E-state index in [-0.39, 0.29) is 18.2 Å². The first kappa shape index (κ1) is 18.5. The Morgan fingerprint density at radius 2 is 1.73 bits per heavy atom. The summed E-state index contributed by atoms with van der Waals surface area (Å²) in [6, 6.07) is -0.553. The van der Waals surface area contributed by atoms with E-state index in [0.29, 0.717) is 13.0 Å². The standard InChI is InChI=1S/C16H28N2O4/c1-15(2,3)12(19)10-17-13(20)11-8-7-9-18(11)14(21)22-16(4,5)6/h11H,7-10H2,1-6H3,(H,17,20). The fraction of sp³-hybridized carbons (Fsp3) is 0.812. The maximum atomic E-state index is 12.2. The zero-order valence-corrected chi connectivity index (χ0v) is 14.5. The molecule has 0 aliphatic carbocycles. The number of hydrogen-bond acceptors (Lipinski definition) is 4. The van der Waals surface area contributed by atoms with Crippen molar-refractivity contribution in [3.63, 3.8) is 0 Å². The van der Waals surface area contributed by atoms with Gasteiger partial charge in [-0.05, 0) is 33.6 Å². The van der Waals surface area contributed by atoms with Gasteiger partial charge in [-0.25, -0.2) is 4.79 Å². The molecular formula is C16H28N2O4. The zero-order chi connectivity index (χ0) is 17.1. The van der Waals surface area contributed by atoms with Gasteiger partial charge in [-0.1, -0.05) is 20.8 Å². The molecule has 0 bridgehead atoms. The predicted molar refractivity (Wildman–Crippen MR) is 83.4 cm³/mol. The van der Waals surface area contributed by atoms with Crippen LogP contribution in [0.4, 0.5) is 4.79 Å². The van der Waals surface area contributed by atoms with Crippen LogP contribution in [0.2, 0.25) is 0 Å². The van der Waals surface area contributed by atoms with Crippen LogP contribution < -0.4 is 5.32 Å². The normalized spacial score (nSPS) is 19.0. The summed E-state index contributed by atoms with van der Waals surface area (Å²) in [6.07, 6.45) is 0.867. The molecule has 1 aliphatic heterocycles. The second-order valence-electron chi connectivity index (χ2n) is 7.72. The first-order valence-corrected chi connectivity index (χ1v) is 7.72. The van der Waals surface area contributed by atoms with E-state index in [1.807, 2.05) is 20.8 Å². The molecule has 1 fully saturated rings. The van der Waals surface area contributed by atoms with Crippen molar-refractivity contribution in [3.05, 3.63) is 0 Å². The molecule has 1 saturated heterocycles. The quantitative estimate of drug-likeness (QED) is 0.866. The maximum absolute atomic E-state index is 12.2. The van der Waals surface area contributed by atoms with Gasteiger partial charge in [-0.3, -0.25) is 14.5 Å². The van der Waals surface area contributed by atoms with Gasteiger partial charge in [0, 0.05) is 12.0 Å². The van der Waals surface area contributed by atoms with E-state index < -0.39 is 23.2 Å². The number of likely N-dealkylation sites (tertiary alicyclic amines) is 1. The number of rotatable bonds is 3. The van der Waals surface area contributed by atoms with Crippen molar-refractivity contribution in [2.75, 3.05) is 13.1 Å². The fourth-order valence-electron chi connectivity index (χ4n) is 2.13. The van der Waals surface area contributed by atoms with Crippen LogP contribution in [0.5, 0.6) is 0 Å². The molecule has 1 aliphatic rings. The summed E-state index contributed by atoms with van der Waals surface area (Å²) in [6.45, 7) is 11.3. The Morgan fingerprint density at radius 1 is 1.14 bits per heavy atom. The molecule has 1 unspecified atom stereocenters. The first-order chi connectivity index (χ1) is 9.92. The summed E-state index contributed by atoms with van der Waals surface area (Å²) in [7, 11) is 0. The van der Waals surface area contributed by atoms with Crippen LogP contribution in [0.25, 0.3) is 0 Å². The molecule has 0 aromatic heterocycles. The predicted octanol–water partition coefficient (Wildman–Crippen LogP) is 2.12. The second-order valence-corrected chi connectivity index (χ2v) is 7.72. The molecule has 0 radical (unpaired) electrons. The number of hydrogen-bond donors (Lipinski definition) is 1. The average Bonchev–Trinajstić information content (AvgIpc) is 2.81. The second kappa shape index (κ2) is 6.67. The third kappa shape index (κ3) is 5.31. The van der Waals surface area contributed by atoms with Crippen molar-refractivity contribution in [2.24, 2.45) is 5.41 Å². The van der Waals surface area contributed by atoms with Gasteiger partial charge in [-0.2, -0.15) is 0 Å². The SMILES string of the molecule is CC(C)(C)OC(=O)N1CCCC1C(=O)NCC(=O)C(C)(C)C. The van der Waals surface area contributed by atoms with E-state index in [2.05, 4.69) is 5.32 Å². The summed E-state index contributed by atoms with van der Waals surface area (Å²) < 4.78 is 5.32. The number of carbonyl (C=O) groups is 3. The molecule has 2 amide bonds. The summed E-state index contributed by atoms with van der Waals surface area (Å²) in [5.74, 6) is -0.330. The van der Waals surface area contributed by atoms with Crippen LogP contribution in [0.1, 0.15) is 54.4 Å². The van der Waals surface area contributed by atoms with Crippen molar-refractivity contribution in [1.82, 2.24) is 10.2 Å². The monoisotopic (exact) mass is 312 g/mol. The van der Waals surface area contributed by atoms with E-state index in [4.69, 9.17) is 4.74 Å². The number of Topliss-reactive ketones (excluding diaryl/α,β-unsaturated/α-hetero) is 1. The number of ether oxygens (including phenoxy) is 1. The molecule has 0 saturated carbocycles. The van der Waals surface area contributed by atoms with Gasteiger partial charge in [0.25, 0.3) is 0 Å². The molecule has 0 spiro atoms. The highest BCUT2D eigenvalue weighted by Gasteiger charge is 2.36. The van der Waals surface area contributed by atoms with Crippen LogP contribution in [0, 0.1) is 5.41 Å². The summed E-state index contributed by atoms with van der Waals surface area (Å²) in [5.41, 5.74) is -1.09. The van der Waals surface area contributed by atoms with Gasteiger partial charge in [0.05, 0.1) is 6.54 Å². The highest BCUT2D eigenvalue weighted by Crippen LogP contribution is 2.21. The molecule has 0 aromatic rings. The lowest BCUT2D eigenvalue weighted by atomic mass is 9.91. The minimum absolute atomic E-state index is 0.0129. The van der Waals surface area contributed by atoms with E-state index >= 15 is 0 Å². The van der Waals surface area contributed by atoms with Gasteiger partial charge in [0.2, 0.25) is 5.91 Å². The molecule has 0 aromatic carbocycles. The highest BCUT2D eigenvalue weighted by atomic mass is 16.6. The van der Waals surface area contributed by atoms with E-state index in [1.165, 1.54) is 4.90 Å². The third-order valence-electron chi connectivity index (χ3n) is 3.44. The number of amides is 2. The van der Waals surface area contributed by atoms with E-state index in [0.717, 1.165) is 6.42 Å². The minimum atomic E-state index is -0.594. The van der Waals surface area contributed by atoms with Crippen LogP contribution in [0.3, 0.4) is 0 Å². The van der Waals surface area contributed by atoms with Gasteiger partial charge < -0.3 is 10.1 Å². The van der Waals surface area contributed by atoms with E-state index in [1.54, 1.807) is 20.8 Å². The van der Waals surface area contributed by atoms with Gasteiger partial charge in [-0.15, -0.1) is 0 Å². The molecule has 22 heavy (non-hydrogen) atoms. The lowest BCUT2D eigenvalue weighted by molar-refractivity contribution is -0.130. The largest absolute Gasteiger partial charge is 0.444 e.